The van der Waals surface area contributed by atoms with Crippen molar-refractivity contribution in [1.82, 2.24) is 14.5 Å². The van der Waals surface area contributed by atoms with E-state index in [-0.39, 0.29) is 11.5 Å². The average Bonchev–Trinajstić information content (AvgIpc) is 3.36. The predicted octanol–water partition coefficient (Wildman–Crippen LogP) is 2.99. The van der Waals surface area contributed by atoms with Crippen LogP contribution in [-0.4, -0.2) is 51.6 Å². The molecule has 1 aromatic heterocycles. The number of thioether (sulfide) groups is 2. The fourth-order valence-electron chi connectivity index (χ4n) is 3.54. The molecule has 1 aromatic carbocycles. The molecule has 2 aliphatic heterocycles. The summed E-state index contributed by atoms with van der Waals surface area (Å²) in [6, 6.07) is 7.36. The summed E-state index contributed by atoms with van der Waals surface area (Å²) < 4.78 is 6.86. The van der Waals surface area contributed by atoms with Gasteiger partial charge in [-0.05, 0) is 37.1 Å². The van der Waals surface area contributed by atoms with E-state index in [0.717, 1.165) is 54.4 Å². The number of aromatic nitrogens is 2. The van der Waals surface area contributed by atoms with Crippen LogP contribution in [0.1, 0.15) is 25.5 Å². The number of nitrogens with zero attached hydrogens (tertiary/aromatic N) is 3. The van der Waals surface area contributed by atoms with Crippen LogP contribution < -0.4 is 10.3 Å². The quantitative estimate of drug-likeness (QED) is 0.551. The van der Waals surface area contributed by atoms with Crippen LogP contribution in [0.25, 0.3) is 5.69 Å². The van der Waals surface area contributed by atoms with Crippen LogP contribution in [0.5, 0.6) is 5.75 Å². The summed E-state index contributed by atoms with van der Waals surface area (Å²) in [6.07, 6.45) is 2.92. The molecule has 1 unspecified atom stereocenters. The zero-order valence-corrected chi connectivity index (χ0v) is 17.6. The van der Waals surface area contributed by atoms with E-state index in [1.165, 1.54) is 11.8 Å². The molecule has 1 amide bonds. The highest BCUT2D eigenvalue weighted by Gasteiger charge is 2.27. The minimum absolute atomic E-state index is 0.0550. The maximum Gasteiger partial charge on any atom is 0.272 e. The molecule has 1 fully saturated rings. The summed E-state index contributed by atoms with van der Waals surface area (Å²) in [6.45, 7) is 3.76. The maximum absolute atomic E-state index is 13.2. The first kappa shape index (κ1) is 19.4. The average molecular weight is 418 g/mol. The van der Waals surface area contributed by atoms with E-state index in [0.29, 0.717) is 16.2 Å². The molecule has 3 heterocycles. The van der Waals surface area contributed by atoms with E-state index in [9.17, 15) is 9.59 Å². The Morgan fingerprint density at radius 1 is 1.29 bits per heavy atom. The molecule has 8 heteroatoms. The van der Waals surface area contributed by atoms with Crippen molar-refractivity contribution in [3.8, 4) is 11.4 Å². The molecule has 0 radical (unpaired) electrons. The van der Waals surface area contributed by atoms with Gasteiger partial charge in [-0.3, -0.25) is 14.2 Å². The van der Waals surface area contributed by atoms with Crippen LogP contribution in [0.15, 0.2) is 39.1 Å². The van der Waals surface area contributed by atoms with Gasteiger partial charge in [0.2, 0.25) is 5.91 Å². The lowest BCUT2D eigenvalue weighted by atomic mass is 10.2. The lowest BCUT2D eigenvalue weighted by Crippen LogP contribution is -2.30. The van der Waals surface area contributed by atoms with Gasteiger partial charge in [-0.25, -0.2) is 4.98 Å². The number of carbonyl (C=O) groups excluding carboxylic acids is 1. The maximum atomic E-state index is 13.2. The molecule has 28 heavy (non-hydrogen) atoms. The standard InChI is InChI=1S/C20H23N3O3S2/c1-13-11-16-18(28-13)19(25)23(14-5-7-15(26-2)8-6-14)20(21-16)27-12-17(24)22-9-3-4-10-22/h5-8,13H,3-4,9-12H2,1-2H3. The first-order valence-electron chi connectivity index (χ1n) is 9.44. The Kier molecular flexibility index (Phi) is 5.68. The number of carbonyl (C=O) groups is 1. The summed E-state index contributed by atoms with van der Waals surface area (Å²) in [5.74, 6) is 1.14. The highest BCUT2D eigenvalue weighted by molar-refractivity contribution is 8.00. The van der Waals surface area contributed by atoms with Crippen molar-refractivity contribution in [2.45, 2.75) is 41.5 Å². The molecule has 0 aliphatic carbocycles. The smallest absolute Gasteiger partial charge is 0.272 e. The molecule has 6 nitrogen and oxygen atoms in total. The van der Waals surface area contributed by atoms with Gasteiger partial charge in [-0.2, -0.15) is 0 Å². The van der Waals surface area contributed by atoms with Gasteiger partial charge in [-0.15, -0.1) is 11.8 Å². The highest BCUT2D eigenvalue weighted by Crippen LogP contribution is 2.35. The molecule has 1 saturated heterocycles. The van der Waals surface area contributed by atoms with Crippen LogP contribution in [0.3, 0.4) is 0 Å². The fraction of sp³-hybridized carbons (Fsp3) is 0.450. The number of methoxy groups -OCH3 is 1. The number of hydrogen-bond donors (Lipinski definition) is 0. The molecular weight excluding hydrogens is 394 g/mol. The third-order valence-electron chi connectivity index (χ3n) is 5.00. The molecule has 0 saturated carbocycles. The van der Waals surface area contributed by atoms with E-state index in [1.807, 2.05) is 29.2 Å². The number of rotatable bonds is 5. The third-order valence-corrected chi connectivity index (χ3v) is 7.13. The van der Waals surface area contributed by atoms with E-state index >= 15 is 0 Å². The topological polar surface area (TPSA) is 64.4 Å². The van der Waals surface area contributed by atoms with Gasteiger partial charge in [0.25, 0.3) is 5.56 Å². The Morgan fingerprint density at radius 2 is 2.00 bits per heavy atom. The molecule has 0 bridgehead atoms. The van der Waals surface area contributed by atoms with Crippen molar-refractivity contribution in [3.05, 3.63) is 40.3 Å². The van der Waals surface area contributed by atoms with E-state index in [2.05, 4.69) is 6.92 Å². The number of fused-ring (bicyclic) bond motifs is 1. The molecule has 0 N–H and O–H groups in total. The van der Waals surface area contributed by atoms with Gasteiger partial charge >= 0.3 is 0 Å². The Labute approximate surface area is 172 Å². The normalized spacial score (nSPS) is 18.4. The Bertz CT molecular complexity index is 937. The highest BCUT2D eigenvalue weighted by atomic mass is 32.2. The number of hydrogen-bond acceptors (Lipinski definition) is 6. The molecule has 0 spiro atoms. The molecular formula is C20H23N3O3S2. The van der Waals surface area contributed by atoms with Crippen molar-refractivity contribution >= 4 is 29.4 Å². The molecule has 148 valence electrons. The van der Waals surface area contributed by atoms with Crippen molar-refractivity contribution in [1.29, 1.82) is 0 Å². The van der Waals surface area contributed by atoms with Gasteiger partial charge in [0.15, 0.2) is 5.16 Å². The van der Waals surface area contributed by atoms with E-state index < -0.39 is 0 Å². The summed E-state index contributed by atoms with van der Waals surface area (Å²) >= 11 is 2.93. The van der Waals surface area contributed by atoms with Crippen LogP contribution in [0.2, 0.25) is 0 Å². The third kappa shape index (κ3) is 3.80. The first-order chi connectivity index (χ1) is 13.6. The summed E-state index contributed by atoms with van der Waals surface area (Å²) in [4.78, 5) is 33.1. The largest absolute Gasteiger partial charge is 0.497 e. The predicted molar refractivity (Wildman–Crippen MR) is 112 cm³/mol. The Hall–Kier alpha value is -1.93. The van der Waals surface area contributed by atoms with Gasteiger partial charge < -0.3 is 9.64 Å². The minimum atomic E-state index is -0.0550. The SMILES string of the molecule is COc1ccc(-n2c(SCC(=O)N3CCCC3)nc3c(c2=O)SC(C)C3)cc1. The number of likely N-dealkylation sites (tertiary alicyclic amines) is 1. The molecule has 1 atom stereocenters. The van der Waals surface area contributed by atoms with Crippen molar-refractivity contribution < 1.29 is 9.53 Å². The zero-order chi connectivity index (χ0) is 19.7. The summed E-state index contributed by atoms with van der Waals surface area (Å²) in [5, 5.41) is 0.919. The molecule has 2 aliphatic rings. The monoisotopic (exact) mass is 417 g/mol. The second-order valence-corrected chi connectivity index (χ2v) is 9.41. The van der Waals surface area contributed by atoms with Crippen LogP contribution in [-0.2, 0) is 11.2 Å². The van der Waals surface area contributed by atoms with Gasteiger partial charge in [-0.1, -0.05) is 18.7 Å². The van der Waals surface area contributed by atoms with E-state index in [4.69, 9.17) is 9.72 Å². The summed E-state index contributed by atoms with van der Waals surface area (Å²) in [5.41, 5.74) is 1.53. The van der Waals surface area contributed by atoms with Crippen molar-refractivity contribution in [2.24, 2.45) is 0 Å². The van der Waals surface area contributed by atoms with Crippen LogP contribution in [0, 0.1) is 0 Å². The lowest BCUT2D eigenvalue weighted by molar-refractivity contribution is -0.127. The zero-order valence-electron chi connectivity index (χ0n) is 16.0. The van der Waals surface area contributed by atoms with Gasteiger partial charge in [0, 0.05) is 24.8 Å². The molecule has 4 rings (SSSR count). The van der Waals surface area contributed by atoms with Crippen LogP contribution in [0.4, 0.5) is 0 Å². The first-order valence-corrected chi connectivity index (χ1v) is 11.3. The second-order valence-electron chi connectivity index (χ2n) is 7.02. The lowest BCUT2D eigenvalue weighted by Gasteiger charge is -2.17. The number of ether oxygens (including phenoxy) is 1. The Morgan fingerprint density at radius 3 is 2.68 bits per heavy atom. The second kappa shape index (κ2) is 8.21. The minimum Gasteiger partial charge on any atom is -0.497 e. The fourth-order valence-corrected chi connectivity index (χ4v) is 5.57. The van der Waals surface area contributed by atoms with E-state index in [1.54, 1.807) is 23.4 Å². The number of benzene rings is 1. The number of amides is 1. The van der Waals surface area contributed by atoms with Crippen molar-refractivity contribution in [2.75, 3.05) is 26.0 Å². The van der Waals surface area contributed by atoms with Crippen LogP contribution >= 0.6 is 23.5 Å². The van der Waals surface area contributed by atoms with Gasteiger partial charge in [0.05, 0.1) is 29.1 Å². The summed E-state index contributed by atoms with van der Waals surface area (Å²) in [7, 11) is 1.61. The Balaban J connectivity index is 1.69. The van der Waals surface area contributed by atoms with Crippen molar-refractivity contribution in [3.63, 3.8) is 0 Å². The molecule has 2 aromatic rings. The van der Waals surface area contributed by atoms with Gasteiger partial charge in [0.1, 0.15) is 5.75 Å².